The van der Waals surface area contributed by atoms with Gasteiger partial charge in [-0.15, -0.1) is 0 Å². The van der Waals surface area contributed by atoms with E-state index in [1.807, 2.05) is 20.8 Å². The average Bonchev–Trinajstić information content (AvgIpc) is 2.52. The third-order valence-corrected chi connectivity index (χ3v) is 5.68. The smallest absolute Gasteiger partial charge is 0.315 e. The molecular formula is C13H22O4. The number of hydrogen-bond donors (Lipinski definition) is 2. The minimum Gasteiger partial charge on any atom is -0.465 e. The minimum absolute atomic E-state index is 0.302. The van der Waals surface area contributed by atoms with Crippen molar-refractivity contribution in [3.63, 3.8) is 0 Å². The number of ether oxygens (including phenoxy) is 1. The Balaban J connectivity index is 2.50. The number of aliphatic hydroxyl groups excluding tert-OH is 2. The normalized spacial score (nSPS) is 47.2. The number of aliphatic hydroxyl groups is 2. The van der Waals surface area contributed by atoms with Gasteiger partial charge in [0.25, 0.3) is 0 Å². The van der Waals surface area contributed by atoms with Crippen molar-refractivity contribution in [1.82, 2.24) is 0 Å². The van der Waals surface area contributed by atoms with Crippen molar-refractivity contribution in [2.45, 2.75) is 52.7 Å². The van der Waals surface area contributed by atoms with Gasteiger partial charge in [0, 0.05) is 5.41 Å². The largest absolute Gasteiger partial charge is 0.465 e. The summed E-state index contributed by atoms with van der Waals surface area (Å²) in [5.41, 5.74) is -1.82. The van der Waals surface area contributed by atoms with Gasteiger partial charge in [0.15, 0.2) is 0 Å². The Kier molecular flexibility index (Phi) is 2.61. The topological polar surface area (TPSA) is 66.8 Å². The monoisotopic (exact) mass is 242 g/mol. The summed E-state index contributed by atoms with van der Waals surface area (Å²) in [4.78, 5) is 12.2. The molecule has 98 valence electrons. The third kappa shape index (κ3) is 1.13. The molecule has 4 nitrogen and oxygen atoms in total. The van der Waals surface area contributed by atoms with Crippen molar-refractivity contribution in [2.75, 3.05) is 6.61 Å². The molecule has 17 heavy (non-hydrogen) atoms. The molecule has 0 unspecified atom stereocenters. The summed E-state index contributed by atoms with van der Waals surface area (Å²) in [5.74, 6) is -0.363. The second-order valence-electron chi connectivity index (χ2n) is 6.12. The lowest BCUT2D eigenvalue weighted by Crippen LogP contribution is -2.49. The van der Waals surface area contributed by atoms with Crippen LogP contribution in [0.4, 0.5) is 0 Å². The molecule has 4 heteroatoms. The maximum atomic E-state index is 12.2. The van der Waals surface area contributed by atoms with Crippen LogP contribution in [0.15, 0.2) is 0 Å². The first-order chi connectivity index (χ1) is 7.75. The predicted octanol–water partition coefficient (Wildman–Crippen LogP) is 1.10. The van der Waals surface area contributed by atoms with Crippen molar-refractivity contribution in [3.8, 4) is 0 Å². The van der Waals surface area contributed by atoms with Crippen LogP contribution in [0.25, 0.3) is 0 Å². The maximum Gasteiger partial charge on any atom is 0.315 e. The molecule has 0 aromatic rings. The van der Waals surface area contributed by atoms with Gasteiger partial charge in [-0.3, -0.25) is 4.79 Å². The Labute approximate surface area is 102 Å². The van der Waals surface area contributed by atoms with E-state index >= 15 is 0 Å². The van der Waals surface area contributed by atoms with Crippen LogP contribution in [0, 0.1) is 16.2 Å². The number of rotatable bonds is 2. The van der Waals surface area contributed by atoms with Crippen molar-refractivity contribution >= 4 is 5.97 Å². The average molecular weight is 242 g/mol. The number of carbonyl (C=O) groups excluding carboxylic acids is 1. The minimum atomic E-state index is -1.02. The summed E-state index contributed by atoms with van der Waals surface area (Å²) in [6.45, 7) is 7.92. The van der Waals surface area contributed by atoms with Crippen LogP contribution in [0.2, 0.25) is 0 Å². The molecule has 2 aliphatic carbocycles. The van der Waals surface area contributed by atoms with Gasteiger partial charge in [-0.25, -0.2) is 0 Å². The van der Waals surface area contributed by atoms with E-state index in [1.54, 1.807) is 6.92 Å². The standard InChI is InChI=1S/C13H22O4/c1-5-17-10(16)13-7-6-12(4,11(13,2)3)8(14)9(13)15/h8-9,14-15H,5-7H2,1-4H3/t8-,9+,12-,13+/m1/s1. The first-order valence-electron chi connectivity index (χ1n) is 6.29. The van der Waals surface area contributed by atoms with Gasteiger partial charge in [0.05, 0.1) is 18.8 Å². The van der Waals surface area contributed by atoms with Crippen LogP contribution < -0.4 is 0 Å². The molecule has 0 aromatic carbocycles. The van der Waals surface area contributed by atoms with E-state index in [0.717, 1.165) is 6.42 Å². The van der Waals surface area contributed by atoms with Gasteiger partial charge < -0.3 is 14.9 Å². The molecule has 2 saturated carbocycles. The van der Waals surface area contributed by atoms with E-state index in [0.29, 0.717) is 13.0 Å². The SMILES string of the molecule is CCOC(=O)[C@]12CC[C@](C)([C@H](O)[C@@H]1O)C2(C)C. The molecule has 2 aliphatic rings. The van der Waals surface area contributed by atoms with Crippen molar-refractivity contribution < 1.29 is 19.7 Å². The quantitative estimate of drug-likeness (QED) is 0.712. The third-order valence-electron chi connectivity index (χ3n) is 5.68. The Hall–Kier alpha value is -0.610. The lowest BCUT2D eigenvalue weighted by atomic mass is 9.64. The summed E-state index contributed by atoms with van der Waals surface area (Å²) in [6.07, 6.45) is -0.532. The second kappa shape index (κ2) is 3.45. The molecule has 2 bridgehead atoms. The molecule has 0 aromatic heterocycles. The molecule has 0 aliphatic heterocycles. The van der Waals surface area contributed by atoms with E-state index in [1.165, 1.54) is 0 Å². The van der Waals surface area contributed by atoms with Gasteiger partial charge in [0.2, 0.25) is 0 Å². The fourth-order valence-electron chi connectivity index (χ4n) is 3.98. The zero-order valence-electron chi connectivity index (χ0n) is 11.0. The highest BCUT2D eigenvalue weighted by atomic mass is 16.5. The first-order valence-corrected chi connectivity index (χ1v) is 6.29. The van der Waals surface area contributed by atoms with Crippen LogP contribution in [0.3, 0.4) is 0 Å². The predicted molar refractivity (Wildman–Crippen MR) is 62.2 cm³/mol. The number of fused-ring (bicyclic) bond motifs is 2. The first kappa shape index (κ1) is 12.8. The highest BCUT2D eigenvalue weighted by molar-refractivity contribution is 5.81. The van der Waals surface area contributed by atoms with E-state index < -0.39 is 28.5 Å². The van der Waals surface area contributed by atoms with Crippen molar-refractivity contribution in [3.05, 3.63) is 0 Å². The van der Waals surface area contributed by atoms with Crippen LogP contribution in [0.1, 0.15) is 40.5 Å². The van der Waals surface area contributed by atoms with Crippen LogP contribution in [-0.4, -0.2) is 35.0 Å². The summed E-state index contributed by atoms with van der Waals surface area (Å²) in [6, 6.07) is 0. The Bertz CT molecular complexity index is 351. The molecule has 0 spiro atoms. The Morgan fingerprint density at radius 1 is 1.24 bits per heavy atom. The van der Waals surface area contributed by atoms with Crippen molar-refractivity contribution in [2.24, 2.45) is 16.2 Å². The number of hydrogen-bond acceptors (Lipinski definition) is 4. The van der Waals surface area contributed by atoms with Gasteiger partial charge in [-0.1, -0.05) is 20.8 Å². The fourth-order valence-corrected chi connectivity index (χ4v) is 3.98. The summed E-state index contributed by atoms with van der Waals surface area (Å²) in [7, 11) is 0. The van der Waals surface area contributed by atoms with Gasteiger partial charge in [-0.2, -0.15) is 0 Å². The molecular weight excluding hydrogens is 220 g/mol. The molecule has 4 atom stereocenters. The number of esters is 1. The molecule has 2 fully saturated rings. The van der Waals surface area contributed by atoms with Crippen LogP contribution >= 0.6 is 0 Å². The highest BCUT2D eigenvalue weighted by Crippen LogP contribution is 2.72. The summed E-state index contributed by atoms with van der Waals surface area (Å²) in [5, 5.41) is 20.5. The molecule has 0 saturated heterocycles. The van der Waals surface area contributed by atoms with Crippen LogP contribution in [0.5, 0.6) is 0 Å². The molecule has 2 rings (SSSR count). The van der Waals surface area contributed by atoms with Crippen LogP contribution in [-0.2, 0) is 9.53 Å². The maximum absolute atomic E-state index is 12.2. The Morgan fingerprint density at radius 3 is 2.24 bits per heavy atom. The van der Waals surface area contributed by atoms with E-state index in [9.17, 15) is 15.0 Å². The number of carbonyl (C=O) groups is 1. The fraction of sp³-hybridized carbons (Fsp3) is 0.923. The molecule has 2 N–H and O–H groups in total. The van der Waals surface area contributed by atoms with E-state index in [2.05, 4.69) is 0 Å². The van der Waals surface area contributed by atoms with Gasteiger partial charge >= 0.3 is 5.97 Å². The zero-order chi connectivity index (χ0) is 13.1. The van der Waals surface area contributed by atoms with Gasteiger partial charge in [0.1, 0.15) is 5.41 Å². The molecule has 0 heterocycles. The lowest BCUT2D eigenvalue weighted by Gasteiger charge is -2.39. The van der Waals surface area contributed by atoms with Gasteiger partial charge in [-0.05, 0) is 25.2 Å². The second-order valence-corrected chi connectivity index (χ2v) is 6.12. The summed E-state index contributed by atoms with van der Waals surface area (Å²) < 4.78 is 5.14. The zero-order valence-corrected chi connectivity index (χ0v) is 11.0. The highest BCUT2D eigenvalue weighted by Gasteiger charge is 2.77. The molecule has 0 amide bonds. The lowest BCUT2D eigenvalue weighted by molar-refractivity contribution is -0.171. The molecule has 0 radical (unpaired) electrons. The van der Waals surface area contributed by atoms with Crippen molar-refractivity contribution in [1.29, 1.82) is 0 Å². The van der Waals surface area contributed by atoms with E-state index in [-0.39, 0.29) is 5.97 Å². The Morgan fingerprint density at radius 2 is 1.82 bits per heavy atom. The van der Waals surface area contributed by atoms with E-state index in [4.69, 9.17) is 4.74 Å². The summed E-state index contributed by atoms with van der Waals surface area (Å²) >= 11 is 0.